The zero-order chi connectivity index (χ0) is 20.9. The highest BCUT2D eigenvalue weighted by Gasteiger charge is 2.20. The van der Waals surface area contributed by atoms with Gasteiger partial charge in [0.05, 0.1) is 0 Å². The van der Waals surface area contributed by atoms with Gasteiger partial charge in [-0.05, 0) is 18.4 Å². The number of nitrogens with one attached hydrogen (secondary N) is 2. The molecule has 2 rings (SSSR count). The van der Waals surface area contributed by atoms with Crippen LogP contribution >= 0.6 is 11.8 Å². The Hall–Kier alpha value is -1.99. The molecular formula is C22H35N5OS. The SMILES string of the molecule is C=CCSCCNC(=NCC(=O)N(C)C)NC1CCN(Cc2ccccc2)CC1. The topological polar surface area (TPSA) is 60.0 Å². The second kappa shape index (κ2) is 13.3. The third kappa shape index (κ3) is 9.37. The van der Waals surface area contributed by atoms with Crippen LogP contribution in [0.3, 0.4) is 0 Å². The van der Waals surface area contributed by atoms with E-state index >= 15 is 0 Å². The summed E-state index contributed by atoms with van der Waals surface area (Å²) in [5.41, 5.74) is 1.36. The molecule has 0 aliphatic carbocycles. The van der Waals surface area contributed by atoms with E-state index < -0.39 is 0 Å². The number of aliphatic imine (C=N–C) groups is 1. The van der Waals surface area contributed by atoms with Crippen molar-refractivity contribution >= 4 is 23.6 Å². The number of hydrogen-bond donors (Lipinski definition) is 2. The first-order valence-corrected chi connectivity index (χ1v) is 11.4. The molecule has 29 heavy (non-hydrogen) atoms. The number of guanidine groups is 1. The Balaban J connectivity index is 1.81. The van der Waals surface area contributed by atoms with E-state index in [0.29, 0.717) is 6.04 Å². The summed E-state index contributed by atoms with van der Waals surface area (Å²) in [5, 5.41) is 6.91. The van der Waals surface area contributed by atoms with Crippen molar-refractivity contribution in [1.29, 1.82) is 0 Å². The second-order valence-corrected chi connectivity index (χ2v) is 8.57. The van der Waals surface area contributed by atoms with Gasteiger partial charge in [0.25, 0.3) is 0 Å². The molecule has 1 aliphatic heterocycles. The van der Waals surface area contributed by atoms with Crippen molar-refractivity contribution in [3.05, 3.63) is 48.6 Å². The first-order chi connectivity index (χ1) is 14.1. The molecule has 0 radical (unpaired) electrons. The normalized spacial score (nSPS) is 15.7. The number of likely N-dealkylation sites (tertiary alicyclic amines) is 1. The highest BCUT2D eigenvalue weighted by molar-refractivity contribution is 7.99. The lowest BCUT2D eigenvalue weighted by atomic mass is 10.0. The van der Waals surface area contributed by atoms with Crippen molar-refractivity contribution in [2.24, 2.45) is 4.99 Å². The van der Waals surface area contributed by atoms with E-state index in [9.17, 15) is 4.79 Å². The van der Waals surface area contributed by atoms with Gasteiger partial charge in [-0.2, -0.15) is 11.8 Å². The minimum atomic E-state index is 0.00446. The van der Waals surface area contributed by atoms with E-state index in [1.165, 1.54) is 5.56 Å². The van der Waals surface area contributed by atoms with Crippen molar-refractivity contribution in [3.63, 3.8) is 0 Å². The highest BCUT2D eigenvalue weighted by Crippen LogP contribution is 2.13. The van der Waals surface area contributed by atoms with E-state index in [-0.39, 0.29) is 12.5 Å². The molecule has 1 fully saturated rings. The highest BCUT2D eigenvalue weighted by atomic mass is 32.2. The van der Waals surface area contributed by atoms with Crippen LogP contribution in [0.15, 0.2) is 48.0 Å². The van der Waals surface area contributed by atoms with Gasteiger partial charge in [-0.15, -0.1) is 6.58 Å². The van der Waals surface area contributed by atoms with Gasteiger partial charge in [-0.1, -0.05) is 36.4 Å². The summed E-state index contributed by atoms with van der Waals surface area (Å²) in [6, 6.07) is 11.0. The number of hydrogen-bond acceptors (Lipinski definition) is 4. The van der Waals surface area contributed by atoms with Crippen LogP contribution in [0.4, 0.5) is 0 Å². The van der Waals surface area contributed by atoms with Gasteiger partial charge >= 0.3 is 0 Å². The van der Waals surface area contributed by atoms with Crippen LogP contribution in [0.5, 0.6) is 0 Å². The Morgan fingerprint density at radius 2 is 2.03 bits per heavy atom. The lowest BCUT2D eigenvalue weighted by molar-refractivity contribution is -0.127. The lowest BCUT2D eigenvalue weighted by Gasteiger charge is -2.33. The van der Waals surface area contributed by atoms with Gasteiger partial charge in [0.1, 0.15) is 6.54 Å². The number of carbonyl (C=O) groups is 1. The summed E-state index contributed by atoms with van der Waals surface area (Å²) >= 11 is 1.83. The second-order valence-electron chi connectivity index (χ2n) is 7.42. The molecule has 6 nitrogen and oxygen atoms in total. The minimum absolute atomic E-state index is 0.00446. The fourth-order valence-electron chi connectivity index (χ4n) is 3.12. The lowest BCUT2D eigenvalue weighted by Crippen LogP contribution is -2.49. The number of rotatable bonds is 10. The van der Waals surface area contributed by atoms with Gasteiger partial charge in [0.2, 0.25) is 5.91 Å². The molecule has 2 N–H and O–H groups in total. The zero-order valence-electron chi connectivity index (χ0n) is 17.8. The Bertz CT molecular complexity index is 642. The van der Waals surface area contributed by atoms with Crippen LogP contribution in [0.25, 0.3) is 0 Å². The van der Waals surface area contributed by atoms with Crippen molar-refractivity contribution in [2.75, 3.05) is 51.8 Å². The van der Waals surface area contributed by atoms with Crippen molar-refractivity contribution in [2.45, 2.75) is 25.4 Å². The molecule has 0 spiro atoms. The van der Waals surface area contributed by atoms with Crippen LogP contribution in [-0.2, 0) is 11.3 Å². The smallest absolute Gasteiger partial charge is 0.243 e. The van der Waals surface area contributed by atoms with Crippen LogP contribution < -0.4 is 10.6 Å². The van der Waals surface area contributed by atoms with Crippen molar-refractivity contribution < 1.29 is 4.79 Å². The molecule has 0 unspecified atom stereocenters. The number of benzene rings is 1. The summed E-state index contributed by atoms with van der Waals surface area (Å²) in [5.74, 6) is 2.66. The monoisotopic (exact) mass is 417 g/mol. The molecular weight excluding hydrogens is 382 g/mol. The van der Waals surface area contributed by atoms with Gasteiger partial charge in [0, 0.05) is 57.8 Å². The maximum Gasteiger partial charge on any atom is 0.243 e. The average molecular weight is 418 g/mol. The Kier molecular flexibility index (Phi) is 10.7. The van der Waals surface area contributed by atoms with Crippen molar-refractivity contribution in [3.8, 4) is 0 Å². The molecule has 1 aromatic rings. The Morgan fingerprint density at radius 3 is 2.69 bits per heavy atom. The number of likely N-dealkylation sites (N-methyl/N-ethyl adjacent to an activating group) is 1. The fraction of sp³-hybridized carbons (Fsp3) is 0.545. The number of amides is 1. The van der Waals surface area contributed by atoms with E-state index in [0.717, 1.165) is 56.5 Å². The average Bonchev–Trinajstić information content (AvgIpc) is 2.73. The van der Waals surface area contributed by atoms with Crippen LogP contribution in [-0.4, -0.2) is 79.5 Å². The molecule has 0 saturated carbocycles. The van der Waals surface area contributed by atoms with Crippen molar-refractivity contribution in [1.82, 2.24) is 20.4 Å². The third-order valence-electron chi connectivity index (χ3n) is 4.82. The molecule has 160 valence electrons. The number of piperidine rings is 1. The Morgan fingerprint density at radius 1 is 1.31 bits per heavy atom. The molecule has 1 saturated heterocycles. The Labute approximate surface area is 179 Å². The largest absolute Gasteiger partial charge is 0.356 e. The van der Waals surface area contributed by atoms with Gasteiger partial charge in [-0.25, -0.2) is 4.99 Å². The number of thioether (sulfide) groups is 1. The zero-order valence-corrected chi connectivity index (χ0v) is 18.6. The van der Waals surface area contributed by atoms with E-state index in [4.69, 9.17) is 0 Å². The van der Waals surface area contributed by atoms with Crippen LogP contribution in [0.2, 0.25) is 0 Å². The first kappa shape index (κ1) is 23.3. The van der Waals surface area contributed by atoms with Crippen LogP contribution in [0, 0.1) is 0 Å². The summed E-state index contributed by atoms with van der Waals surface area (Å²) < 4.78 is 0. The molecule has 7 heteroatoms. The van der Waals surface area contributed by atoms with E-state index in [2.05, 4.69) is 57.4 Å². The van der Waals surface area contributed by atoms with E-state index in [1.807, 2.05) is 17.8 Å². The molecule has 1 amide bonds. The maximum atomic E-state index is 11.9. The van der Waals surface area contributed by atoms with Gasteiger partial charge in [-0.3, -0.25) is 9.69 Å². The summed E-state index contributed by atoms with van der Waals surface area (Å²) in [4.78, 5) is 20.5. The number of nitrogens with zero attached hydrogens (tertiary/aromatic N) is 3. The molecule has 0 bridgehead atoms. The predicted octanol–water partition coefficient (Wildman–Crippen LogP) is 2.19. The van der Waals surface area contributed by atoms with Crippen LogP contribution in [0.1, 0.15) is 18.4 Å². The molecule has 1 aromatic carbocycles. The minimum Gasteiger partial charge on any atom is -0.356 e. The fourth-order valence-corrected chi connectivity index (χ4v) is 3.70. The van der Waals surface area contributed by atoms with Gasteiger partial charge in [0.15, 0.2) is 5.96 Å². The van der Waals surface area contributed by atoms with E-state index in [1.54, 1.807) is 19.0 Å². The van der Waals surface area contributed by atoms with Gasteiger partial charge < -0.3 is 15.5 Å². The summed E-state index contributed by atoms with van der Waals surface area (Å²) in [6.45, 7) is 7.85. The molecule has 1 aliphatic rings. The summed E-state index contributed by atoms with van der Waals surface area (Å²) in [7, 11) is 3.51. The first-order valence-electron chi connectivity index (χ1n) is 10.3. The molecule has 1 heterocycles. The quantitative estimate of drug-likeness (QED) is 0.265. The predicted molar refractivity (Wildman–Crippen MR) is 124 cm³/mol. The molecule has 0 aromatic heterocycles. The number of carbonyl (C=O) groups excluding carboxylic acids is 1. The third-order valence-corrected chi connectivity index (χ3v) is 5.79. The molecule has 0 atom stereocenters. The summed E-state index contributed by atoms with van der Waals surface area (Å²) in [6.07, 6.45) is 4.05. The standard InChI is InChI=1S/C22H35N5OS/c1-4-15-29-16-12-23-22(24-17-21(28)26(2)3)25-20-10-13-27(14-11-20)18-19-8-6-5-7-9-19/h4-9,20H,1,10-18H2,2-3H3,(H2,23,24,25). The maximum absolute atomic E-state index is 11.9.